The topological polar surface area (TPSA) is 47.6 Å². The Balaban J connectivity index is 1.61. The molecule has 4 rings (SSSR count). The van der Waals surface area contributed by atoms with Crippen molar-refractivity contribution in [3.05, 3.63) is 81.5 Å². The van der Waals surface area contributed by atoms with Crippen LogP contribution in [0.1, 0.15) is 39.3 Å². The van der Waals surface area contributed by atoms with Gasteiger partial charge in [0.15, 0.2) is 11.5 Å². The van der Waals surface area contributed by atoms with Crippen molar-refractivity contribution < 1.29 is 14.3 Å². The fourth-order valence-electron chi connectivity index (χ4n) is 2.97. The first-order valence-corrected chi connectivity index (χ1v) is 9.45. The summed E-state index contributed by atoms with van der Waals surface area (Å²) in [6.45, 7) is 2.33. The van der Waals surface area contributed by atoms with Gasteiger partial charge in [0.1, 0.15) is 0 Å². The van der Waals surface area contributed by atoms with Gasteiger partial charge in [0.05, 0.1) is 6.04 Å². The van der Waals surface area contributed by atoms with E-state index in [-0.39, 0.29) is 18.7 Å². The lowest BCUT2D eigenvalue weighted by atomic mass is 10.0. The maximum atomic E-state index is 12.8. The van der Waals surface area contributed by atoms with Crippen molar-refractivity contribution in [3.63, 3.8) is 0 Å². The summed E-state index contributed by atoms with van der Waals surface area (Å²) in [5.74, 6) is 1.14. The molecule has 0 bridgehead atoms. The summed E-state index contributed by atoms with van der Waals surface area (Å²) in [4.78, 5) is 13.9. The van der Waals surface area contributed by atoms with E-state index in [2.05, 4.69) is 36.5 Å². The maximum Gasteiger partial charge on any atom is 0.252 e. The molecule has 5 heteroatoms. The second kappa shape index (κ2) is 7.22. The first-order chi connectivity index (χ1) is 12.7. The van der Waals surface area contributed by atoms with E-state index >= 15 is 0 Å². The lowest BCUT2D eigenvalue weighted by Crippen LogP contribution is -2.28. The van der Waals surface area contributed by atoms with Crippen LogP contribution in [0.3, 0.4) is 0 Å². The molecular formula is C21H19NO3S. The molecule has 1 aliphatic rings. The molecule has 132 valence electrons. The van der Waals surface area contributed by atoms with Gasteiger partial charge in [-0.2, -0.15) is 0 Å². The van der Waals surface area contributed by atoms with Gasteiger partial charge >= 0.3 is 0 Å². The zero-order valence-electron chi connectivity index (χ0n) is 14.4. The molecule has 26 heavy (non-hydrogen) atoms. The highest BCUT2D eigenvalue weighted by Crippen LogP contribution is 2.33. The number of fused-ring (bicyclic) bond motifs is 1. The summed E-state index contributed by atoms with van der Waals surface area (Å²) < 4.78 is 10.7. The van der Waals surface area contributed by atoms with Crippen molar-refractivity contribution in [3.8, 4) is 11.5 Å². The Kier molecular flexibility index (Phi) is 4.63. The van der Waals surface area contributed by atoms with E-state index in [0.29, 0.717) is 17.1 Å². The van der Waals surface area contributed by atoms with Crippen LogP contribution in [0.2, 0.25) is 0 Å². The van der Waals surface area contributed by atoms with Gasteiger partial charge in [0, 0.05) is 10.4 Å². The average Bonchev–Trinajstić information content (AvgIpc) is 3.37. The number of aryl methyl sites for hydroxylation is 1. The zero-order chi connectivity index (χ0) is 17.9. The first kappa shape index (κ1) is 16.7. The van der Waals surface area contributed by atoms with Crippen LogP contribution in [0.5, 0.6) is 11.5 Å². The fourth-order valence-corrected chi connectivity index (χ4v) is 3.77. The second-order valence-electron chi connectivity index (χ2n) is 6.09. The molecule has 1 amide bonds. The number of thiophene rings is 1. The van der Waals surface area contributed by atoms with E-state index in [1.54, 1.807) is 29.5 Å². The molecule has 2 heterocycles. The largest absolute Gasteiger partial charge is 0.454 e. The number of hydrogen-bond acceptors (Lipinski definition) is 4. The predicted molar refractivity (Wildman–Crippen MR) is 102 cm³/mol. The second-order valence-corrected chi connectivity index (χ2v) is 7.06. The summed E-state index contributed by atoms with van der Waals surface area (Å²) in [5.41, 5.74) is 2.90. The molecule has 4 nitrogen and oxygen atoms in total. The molecule has 0 spiro atoms. The van der Waals surface area contributed by atoms with Crippen LogP contribution < -0.4 is 14.8 Å². The van der Waals surface area contributed by atoms with Crippen molar-refractivity contribution in [2.24, 2.45) is 0 Å². The molecule has 3 aromatic rings. The molecule has 0 saturated carbocycles. The molecule has 1 aromatic heterocycles. The van der Waals surface area contributed by atoms with Crippen LogP contribution in [0.25, 0.3) is 0 Å². The van der Waals surface area contributed by atoms with Crippen LogP contribution in [0.15, 0.2) is 60.0 Å². The van der Waals surface area contributed by atoms with Crippen LogP contribution >= 0.6 is 11.3 Å². The standard InChI is InChI=1S/C21H19NO3S/c1-2-14-5-7-15(8-6-14)20(19-4-3-11-26-19)22-21(23)16-9-10-17-18(12-16)25-13-24-17/h3-12,20H,2,13H2,1H3,(H,22,23). The molecule has 1 N–H and O–H groups in total. The van der Waals surface area contributed by atoms with Crippen molar-refractivity contribution in [2.75, 3.05) is 6.79 Å². The van der Waals surface area contributed by atoms with Gasteiger partial charge in [0.25, 0.3) is 5.91 Å². The summed E-state index contributed by atoms with van der Waals surface area (Å²) >= 11 is 1.63. The molecule has 1 atom stereocenters. The van der Waals surface area contributed by atoms with Crippen LogP contribution in [0, 0.1) is 0 Å². The minimum Gasteiger partial charge on any atom is -0.454 e. The molecule has 0 aliphatic carbocycles. The third-order valence-electron chi connectivity index (χ3n) is 4.46. The summed E-state index contributed by atoms with van der Waals surface area (Å²) in [7, 11) is 0. The molecule has 1 unspecified atom stereocenters. The van der Waals surface area contributed by atoms with E-state index in [9.17, 15) is 4.79 Å². The van der Waals surface area contributed by atoms with Crippen molar-refractivity contribution in [1.82, 2.24) is 5.32 Å². The number of amides is 1. The lowest BCUT2D eigenvalue weighted by molar-refractivity contribution is 0.0943. The quantitative estimate of drug-likeness (QED) is 0.721. The Hall–Kier alpha value is -2.79. The normalized spacial score (nSPS) is 13.4. The Morgan fingerprint density at radius 1 is 1.12 bits per heavy atom. The summed E-state index contributed by atoms with van der Waals surface area (Å²) in [5, 5.41) is 5.18. The fraction of sp³-hybridized carbons (Fsp3) is 0.190. The number of benzene rings is 2. The Bertz CT molecular complexity index is 904. The highest BCUT2D eigenvalue weighted by Gasteiger charge is 2.21. The predicted octanol–water partition coefficient (Wildman–Crippen LogP) is 4.56. The first-order valence-electron chi connectivity index (χ1n) is 8.57. The van der Waals surface area contributed by atoms with Crippen molar-refractivity contribution in [1.29, 1.82) is 0 Å². The van der Waals surface area contributed by atoms with Gasteiger partial charge in [-0.05, 0) is 47.2 Å². The molecule has 0 saturated heterocycles. The number of carbonyl (C=O) groups excluding carboxylic acids is 1. The van der Waals surface area contributed by atoms with Crippen LogP contribution in [0.4, 0.5) is 0 Å². The van der Waals surface area contributed by atoms with E-state index < -0.39 is 0 Å². The number of nitrogens with one attached hydrogen (secondary N) is 1. The number of hydrogen-bond donors (Lipinski definition) is 1. The molecule has 1 aliphatic heterocycles. The Morgan fingerprint density at radius 2 is 1.92 bits per heavy atom. The third-order valence-corrected chi connectivity index (χ3v) is 5.40. The molecular weight excluding hydrogens is 346 g/mol. The number of ether oxygens (including phenoxy) is 2. The van der Waals surface area contributed by atoms with Gasteiger partial charge in [-0.25, -0.2) is 0 Å². The number of rotatable bonds is 5. The number of carbonyl (C=O) groups is 1. The Morgan fingerprint density at radius 3 is 2.65 bits per heavy atom. The van der Waals surface area contributed by atoms with Crippen LogP contribution in [-0.2, 0) is 6.42 Å². The maximum absolute atomic E-state index is 12.8. The molecule has 0 radical (unpaired) electrons. The van der Waals surface area contributed by atoms with Crippen LogP contribution in [-0.4, -0.2) is 12.7 Å². The highest BCUT2D eigenvalue weighted by atomic mass is 32.1. The van der Waals surface area contributed by atoms with Gasteiger partial charge < -0.3 is 14.8 Å². The average molecular weight is 365 g/mol. The zero-order valence-corrected chi connectivity index (χ0v) is 15.2. The highest BCUT2D eigenvalue weighted by molar-refractivity contribution is 7.10. The third kappa shape index (κ3) is 3.30. The van der Waals surface area contributed by atoms with Crippen molar-refractivity contribution >= 4 is 17.2 Å². The van der Waals surface area contributed by atoms with E-state index in [1.165, 1.54) is 5.56 Å². The summed E-state index contributed by atoms with van der Waals surface area (Å²) in [6.07, 6.45) is 0.994. The van der Waals surface area contributed by atoms with Gasteiger partial charge in [-0.3, -0.25) is 4.79 Å². The van der Waals surface area contributed by atoms with E-state index in [4.69, 9.17) is 9.47 Å². The van der Waals surface area contributed by atoms with E-state index in [0.717, 1.165) is 16.9 Å². The van der Waals surface area contributed by atoms with Gasteiger partial charge in [0.2, 0.25) is 6.79 Å². The Labute approximate surface area is 156 Å². The molecule has 0 fully saturated rings. The minimum absolute atomic E-state index is 0.138. The summed E-state index contributed by atoms with van der Waals surface area (Å²) in [6, 6.07) is 17.5. The van der Waals surface area contributed by atoms with Gasteiger partial charge in [-0.1, -0.05) is 37.3 Å². The minimum atomic E-state index is -0.182. The lowest BCUT2D eigenvalue weighted by Gasteiger charge is -2.19. The van der Waals surface area contributed by atoms with Gasteiger partial charge in [-0.15, -0.1) is 11.3 Å². The smallest absolute Gasteiger partial charge is 0.252 e. The monoisotopic (exact) mass is 365 g/mol. The van der Waals surface area contributed by atoms with E-state index in [1.807, 2.05) is 17.5 Å². The SMILES string of the molecule is CCc1ccc(C(NC(=O)c2ccc3c(c2)OCO3)c2cccs2)cc1. The van der Waals surface area contributed by atoms with Crippen molar-refractivity contribution in [2.45, 2.75) is 19.4 Å². The molecule has 2 aromatic carbocycles.